The molecule has 0 radical (unpaired) electrons. The SMILES string of the molecule is O=S(=O)([O-])Oc1c(-c2[nH]c3c(Br)cc(Br)cc3c2OS(=O)(=O)[O-])[nH]c2c(Br)cc(Br)cc12. The van der Waals surface area contributed by atoms with E-state index in [0.717, 1.165) is 0 Å². The maximum Gasteiger partial charge on any atom is 0.262 e. The maximum absolute atomic E-state index is 11.5. The van der Waals surface area contributed by atoms with Crippen LogP contribution >= 0.6 is 63.7 Å². The highest BCUT2D eigenvalue weighted by atomic mass is 79.9. The van der Waals surface area contributed by atoms with Crippen molar-refractivity contribution in [3.8, 4) is 22.9 Å². The van der Waals surface area contributed by atoms with E-state index in [1.807, 2.05) is 0 Å². The van der Waals surface area contributed by atoms with Gasteiger partial charge in [-0.2, -0.15) is 0 Å². The van der Waals surface area contributed by atoms with Crippen molar-refractivity contribution in [3.05, 3.63) is 42.2 Å². The molecule has 2 heterocycles. The van der Waals surface area contributed by atoms with Crippen LogP contribution in [0, 0.1) is 0 Å². The molecule has 10 nitrogen and oxygen atoms in total. The molecule has 0 saturated carbocycles. The second kappa shape index (κ2) is 8.26. The van der Waals surface area contributed by atoms with Gasteiger partial charge >= 0.3 is 0 Å². The third-order valence-corrected chi connectivity index (χ3v) is 7.08. The Bertz CT molecular complexity index is 1510. The van der Waals surface area contributed by atoms with E-state index < -0.39 is 32.3 Å². The predicted octanol–water partition coefficient (Wildman–Crippen LogP) is 5.04. The van der Waals surface area contributed by atoms with Gasteiger partial charge in [0, 0.05) is 28.7 Å². The standard InChI is InChI=1S/C16H8Br4N2O8S2/c17-5-1-7-11(9(19)3-5)21-13(15(7)29-31(23,24)25)14-16(30-32(26,27)28)8-2-6(18)4-10(20)12(8)22-14/h1-4,21-22H,(H,23,24,25)(H,26,27,28)/p-2. The smallest absolute Gasteiger partial charge is 0.262 e. The lowest BCUT2D eigenvalue weighted by atomic mass is 10.2. The van der Waals surface area contributed by atoms with Crippen LogP contribution in [0.25, 0.3) is 33.2 Å². The van der Waals surface area contributed by atoms with Gasteiger partial charge in [-0.25, -0.2) is 16.8 Å². The number of fused-ring (bicyclic) bond motifs is 2. The Hall–Kier alpha value is -1.14. The fourth-order valence-electron chi connectivity index (χ4n) is 3.12. The highest BCUT2D eigenvalue weighted by Gasteiger charge is 2.26. The molecule has 2 aromatic carbocycles. The number of rotatable bonds is 5. The minimum Gasteiger partial charge on any atom is -0.716 e. The van der Waals surface area contributed by atoms with E-state index in [0.29, 0.717) is 28.9 Å². The van der Waals surface area contributed by atoms with Gasteiger partial charge in [0.2, 0.25) is 0 Å². The third kappa shape index (κ3) is 4.72. The van der Waals surface area contributed by atoms with Gasteiger partial charge in [-0.15, -0.1) is 0 Å². The zero-order chi connectivity index (χ0) is 23.6. The number of aromatic amines is 2. The minimum absolute atomic E-state index is 0.143. The van der Waals surface area contributed by atoms with E-state index in [1.54, 1.807) is 12.1 Å². The Morgan fingerprint density at radius 3 is 1.31 bits per heavy atom. The first-order valence-corrected chi connectivity index (χ1v) is 13.9. The highest BCUT2D eigenvalue weighted by Crippen LogP contribution is 2.47. The number of benzene rings is 2. The summed E-state index contributed by atoms with van der Waals surface area (Å²) in [5, 5.41) is 0.353. The van der Waals surface area contributed by atoms with Gasteiger partial charge in [-0.1, -0.05) is 31.9 Å². The molecule has 170 valence electrons. The van der Waals surface area contributed by atoms with Crippen molar-refractivity contribution in [3.63, 3.8) is 0 Å². The van der Waals surface area contributed by atoms with Crippen LogP contribution < -0.4 is 8.37 Å². The molecule has 0 atom stereocenters. The van der Waals surface area contributed by atoms with E-state index in [9.17, 15) is 25.9 Å². The van der Waals surface area contributed by atoms with Gasteiger partial charge in [0.1, 0.15) is 11.4 Å². The lowest BCUT2D eigenvalue weighted by Gasteiger charge is -2.12. The summed E-state index contributed by atoms with van der Waals surface area (Å²) < 4.78 is 80.2. The number of hydrogen-bond donors (Lipinski definition) is 2. The number of nitrogens with one attached hydrogen (secondary N) is 2. The van der Waals surface area contributed by atoms with Gasteiger partial charge in [-0.3, -0.25) is 0 Å². The van der Waals surface area contributed by atoms with Gasteiger partial charge in [-0.05, 0) is 56.1 Å². The molecule has 2 aromatic heterocycles. The summed E-state index contributed by atoms with van der Waals surface area (Å²) in [6.45, 7) is 0. The van der Waals surface area contributed by atoms with Crippen molar-refractivity contribution >= 4 is 106 Å². The zero-order valence-corrected chi connectivity index (χ0v) is 22.9. The molecular weight excluding hydrogens is 732 g/mol. The van der Waals surface area contributed by atoms with Crippen LogP contribution in [0.2, 0.25) is 0 Å². The summed E-state index contributed by atoms with van der Waals surface area (Å²) in [4.78, 5) is 5.78. The van der Waals surface area contributed by atoms with Gasteiger partial charge in [0.25, 0.3) is 20.8 Å². The number of aromatic nitrogens is 2. The molecule has 0 unspecified atom stereocenters. The minimum atomic E-state index is -5.24. The predicted molar refractivity (Wildman–Crippen MR) is 127 cm³/mol. The van der Waals surface area contributed by atoms with Crippen molar-refractivity contribution in [2.45, 2.75) is 0 Å². The van der Waals surface area contributed by atoms with E-state index in [-0.39, 0.29) is 22.2 Å². The number of halogens is 4. The molecule has 0 amide bonds. The lowest BCUT2D eigenvalue weighted by molar-refractivity contribution is 0.370. The molecule has 0 aliphatic carbocycles. The van der Waals surface area contributed by atoms with Gasteiger partial charge in [0.15, 0.2) is 11.5 Å². The Morgan fingerprint density at radius 2 is 1.00 bits per heavy atom. The van der Waals surface area contributed by atoms with Crippen LogP contribution in [0.4, 0.5) is 0 Å². The van der Waals surface area contributed by atoms with Crippen LogP contribution in [-0.4, -0.2) is 35.9 Å². The topological polar surface area (TPSA) is 164 Å². The molecular formula is C16H6Br4N2O8S2-2. The molecule has 0 saturated heterocycles. The molecule has 0 aliphatic heterocycles. The first-order valence-electron chi connectivity index (χ1n) is 8.06. The quantitative estimate of drug-likeness (QED) is 0.212. The van der Waals surface area contributed by atoms with Crippen LogP contribution in [0.15, 0.2) is 42.2 Å². The Balaban J connectivity index is 2.15. The van der Waals surface area contributed by atoms with Crippen molar-refractivity contribution in [1.82, 2.24) is 9.97 Å². The molecule has 2 N–H and O–H groups in total. The van der Waals surface area contributed by atoms with Crippen LogP contribution in [0.3, 0.4) is 0 Å². The molecule has 0 fully saturated rings. The summed E-state index contributed by atoms with van der Waals surface area (Å²) in [5.74, 6) is -0.848. The second-order valence-electron chi connectivity index (χ2n) is 6.26. The van der Waals surface area contributed by atoms with Crippen LogP contribution in [0.5, 0.6) is 11.5 Å². The highest BCUT2D eigenvalue weighted by molar-refractivity contribution is 9.11. The summed E-state index contributed by atoms with van der Waals surface area (Å²) >= 11 is 13.2. The van der Waals surface area contributed by atoms with Crippen molar-refractivity contribution in [2.75, 3.05) is 0 Å². The Kier molecular flexibility index (Phi) is 6.20. The molecule has 32 heavy (non-hydrogen) atoms. The maximum atomic E-state index is 11.5. The molecule has 0 aliphatic rings. The van der Waals surface area contributed by atoms with Gasteiger partial charge < -0.3 is 27.4 Å². The van der Waals surface area contributed by atoms with E-state index in [2.05, 4.69) is 73.7 Å². The molecule has 0 spiro atoms. The Morgan fingerprint density at radius 1 is 0.656 bits per heavy atom. The number of hydrogen-bond acceptors (Lipinski definition) is 8. The molecule has 4 aromatic rings. The van der Waals surface area contributed by atoms with Crippen molar-refractivity contribution in [1.29, 1.82) is 0 Å². The Labute approximate surface area is 214 Å². The van der Waals surface area contributed by atoms with Crippen molar-refractivity contribution in [2.24, 2.45) is 0 Å². The van der Waals surface area contributed by atoms with E-state index in [4.69, 9.17) is 8.37 Å². The summed E-state index contributed by atoms with van der Waals surface area (Å²) in [6.07, 6.45) is 0. The largest absolute Gasteiger partial charge is 0.716 e. The summed E-state index contributed by atoms with van der Waals surface area (Å²) in [6, 6.07) is 6.27. The lowest BCUT2D eigenvalue weighted by Crippen LogP contribution is -2.09. The van der Waals surface area contributed by atoms with E-state index >= 15 is 0 Å². The van der Waals surface area contributed by atoms with Crippen LogP contribution in [-0.2, 0) is 20.8 Å². The second-order valence-corrected chi connectivity index (χ2v) is 11.8. The first kappa shape index (κ1) is 24.0. The average Bonchev–Trinajstić information content (AvgIpc) is 3.12. The monoisotopic (exact) mass is 734 g/mol. The molecule has 4 rings (SSSR count). The fourth-order valence-corrected chi connectivity index (χ4v) is 6.52. The van der Waals surface area contributed by atoms with Gasteiger partial charge in [0.05, 0.1) is 11.0 Å². The summed E-state index contributed by atoms with van der Waals surface area (Å²) in [7, 11) is -10.5. The first-order chi connectivity index (χ1) is 14.7. The zero-order valence-electron chi connectivity index (χ0n) is 14.9. The molecule has 0 bridgehead atoms. The fraction of sp³-hybridized carbons (Fsp3) is 0. The number of H-pyrrole nitrogens is 2. The normalized spacial score (nSPS) is 12.6. The molecule has 16 heteroatoms. The van der Waals surface area contributed by atoms with Crippen molar-refractivity contribution < 1.29 is 34.3 Å². The third-order valence-electron chi connectivity index (χ3n) is 4.17. The van der Waals surface area contributed by atoms with Crippen LogP contribution in [0.1, 0.15) is 0 Å². The van der Waals surface area contributed by atoms with E-state index in [1.165, 1.54) is 12.1 Å². The summed E-state index contributed by atoms with van der Waals surface area (Å²) in [5.41, 5.74) is 0.376. The average molecular weight is 738 g/mol.